The Labute approximate surface area is 223 Å². The van der Waals surface area contributed by atoms with Crippen molar-refractivity contribution in [2.75, 3.05) is 13.1 Å². The number of nitriles is 1. The number of alkyl halides is 3. The Bertz CT molecular complexity index is 1390. The molecule has 2 aliphatic heterocycles. The van der Waals surface area contributed by atoms with Gasteiger partial charge in [-0.1, -0.05) is 42.5 Å². The summed E-state index contributed by atoms with van der Waals surface area (Å²) in [6.45, 7) is 3.68. The maximum absolute atomic E-state index is 12.5. The van der Waals surface area contributed by atoms with Crippen LogP contribution in [-0.4, -0.2) is 53.2 Å². The molecule has 3 N–H and O–H groups in total. The molecule has 0 aromatic heterocycles. The summed E-state index contributed by atoms with van der Waals surface area (Å²) < 4.78 is 31.7. The molecule has 3 aromatic rings. The fourth-order valence-corrected chi connectivity index (χ4v) is 4.80. The fourth-order valence-electron chi connectivity index (χ4n) is 4.80. The Hall–Kier alpha value is -4.20. The van der Waals surface area contributed by atoms with E-state index < -0.39 is 12.1 Å². The van der Waals surface area contributed by atoms with E-state index in [1.165, 1.54) is 17.5 Å². The van der Waals surface area contributed by atoms with Crippen molar-refractivity contribution in [3.8, 4) is 17.2 Å². The van der Waals surface area contributed by atoms with Crippen molar-refractivity contribution in [2.24, 2.45) is 0 Å². The first kappa shape index (κ1) is 27.8. The van der Waals surface area contributed by atoms with Gasteiger partial charge in [0.15, 0.2) is 0 Å². The molecule has 2 saturated heterocycles. The first-order valence-electron chi connectivity index (χ1n) is 12.4. The zero-order valence-electron chi connectivity index (χ0n) is 20.9. The number of carbonyl (C=O) groups excluding carboxylic acids is 1. The van der Waals surface area contributed by atoms with E-state index in [0.717, 1.165) is 30.8 Å². The van der Waals surface area contributed by atoms with Crippen LogP contribution in [0.4, 0.5) is 13.2 Å². The molecule has 10 heteroatoms. The normalized spacial score (nSPS) is 18.1. The van der Waals surface area contributed by atoms with Gasteiger partial charge in [0.05, 0.1) is 11.6 Å². The standard InChI is InChI=1S/C27H26N4O.C2HF3O2/c28-14-19-4-1-9-24(10-19)27(32)30-15-20-5-2-7-22(11-20)23-8-3-6-21(12-23)17-31-18-25-13-26(31)16-29-25;3-2(4,5)1(6)7/h1-12,25-26,29H,13,15-18H2,(H,30,32);(H,6,7)/t25-,26-;/m1./s1. The molecule has 2 heterocycles. The molecule has 7 nitrogen and oxygen atoms in total. The Kier molecular flexibility index (Phi) is 8.64. The number of benzene rings is 3. The average molecular weight is 537 g/mol. The summed E-state index contributed by atoms with van der Waals surface area (Å²) in [7, 11) is 0. The highest BCUT2D eigenvalue weighted by atomic mass is 19.4. The lowest BCUT2D eigenvalue weighted by molar-refractivity contribution is -0.192. The lowest BCUT2D eigenvalue weighted by Gasteiger charge is -2.27. The molecule has 0 radical (unpaired) electrons. The van der Waals surface area contributed by atoms with Crippen molar-refractivity contribution < 1.29 is 27.9 Å². The van der Waals surface area contributed by atoms with Gasteiger partial charge in [-0.3, -0.25) is 9.69 Å². The molecular formula is C29H27F3N4O3. The summed E-state index contributed by atoms with van der Waals surface area (Å²) in [6, 6.07) is 27.2. The highest BCUT2D eigenvalue weighted by molar-refractivity contribution is 5.94. The Morgan fingerprint density at radius 1 is 1.03 bits per heavy atom. The van der Waals surface area contributed by atoms with Crippen LogP contribution in [0.3, 0.4) is 0 Å². The first-order valence-corrected chi connectivity index (χ1v) is 12.4. The second kappa shape index (κ2) is 12.1. The number of hydrogen-bond donors (Lipinski definition) is 3. The number of aliphatic carboxylic acids is 1. The summed E-state index contributed by atoms with van der Waals surface area (Å²) in [5.74, 6) is -2.93. The molecule has 2 bridgehead atoms. The quantitative estimate of drug-likeness (QED) is 0.433. The molecule has 0 aliphatic carbocycles. The largest absolute Gasteiger partial charge is 0.490 e. The predicted octanol–water partition coefficient (Wildman–Crippen LogP) is 4.33. The van der Waals surface area contributed by atoms with Crippen LogP contribution in [0.5, 0.6) is 0 Å². The molecule has 0 saturated carbocycles. The zero-order valence-corrected chi connectivity index (χ0v) is 20.9. The van der Waals surface area contributed by atoms with Crippen LogP contribution in [-0.2, 0) is 17.9 Å². The molecule has 2 aliphatic rings. The first-order chi connectivity index (χ1) is 18.6. The molecule has 1 amide bonds. The topological polar surface area (TPSA) is 105 Å². The van der Waals surface area contributed by atoms with Gasteiger partial charge >= 0.3 is 12.1 Å². The molecule has 0 spiro atoms. The van der Waals surface area contributed by atoms with Gasteiger partial charge in [0.2, 0.25) is 0 Å². The maximum Gasteiger partial charge on any atom is 0.490 e. The van der Waals surface area contributed by atoms with E-state index in [9.17, 15) is 18.0 Å². The lowest BCUT2D eigenvalue weighted by atomic mass is 10.0. The number of nitrogens with zero attached hydrogens (tertiary/aromatic N) is 2. The fraction of sp³-hybridized carbons (Fsp3) is 0.276. The number of amides is 1. The molecule has 3 aromatic carbocycles. The van der Waals surface area contributed by atoms with Crippen molar-refractivity contribution in [2.45, 2.75) is 37.8 Å². The molecule has 39 heavy (non-hydrogen) atoms. The van der Waals surface area contributed by atoms with Crippen molar-refractivity contribution in [1.29, 1.82) is 5.26 Å². The third-order valence-electron chi connectivity index (χ3n) is 6.69. The number of likely N-dealkylation sites (tertiary alicyclic amines) is 1. The van der Waals surface area contributed by atoms with Crippen LogP contribution < -0.4 is 10.6 Å². The number of carboxylic acids is 1. The number of piperazine rings is 1. The van der Waals surface area contributed by atoms with Crippen LogP contribution in [0, 0.1) is 11.3 Å². The number of halogens is 3. The minimum atomic E-state index is -5.08. The Morgan fingerprint density at radius 3 is 2.26 bits per heavy atom. The smallest absolute Gasteiger partial charge is 0.475 e. The van der Waals surface area contributed by atoms with Crippen molar-refractivity contribution in [1.82, 2.24) is 15.5 Å². The molecule has 0 unspecified atom stereocenters. The van der Waals surface area contributed by atoms with Gasteiger partial charge in [0.1, 0.15) is 0 Å². The van der Waals surface area contributed by atoms with Crippen molar-refractivity contribution in [3.63, 3.8) is 0 Å². The summed E-state index contributed by atoms with van der Waals surface area (Å²) in [5.41, 5.74) is 5.71. The van der Waals surface area contributed by atoms with Gasteiger partial charge in [-0.2, -0.15) is 18.4 Å². The molecule has 202 valence electrons. The summed E-state index contributed by atoms with van der Waals surface area (Å²) in [5, 5.41) is 22.7. The van der Waals surface area contributed by atoms with Gasteiger partial charge in [0, 0.05) is 43.8 Å². The number of fused-ring (bicyclic) bond motifs is 2. The summed E-state index contributed by atoms with van der Waals surface area (Å²) in [4.78, 5) is 24.0. The molecule has 2 fully saturated rings. The van der Waals surface area contributed by atoms with E-state index in [1.807, 2.05) is 12.1 Å². The minimum absolute atomic E-state index is 0.177. The number of rotatable bonds is 6. The van der Waals surface area contributed by atoms with E-state index in [2.05, 4.69) is 58.0 Å². The highest BCUT2D eigenvalue weighted by Crippen LogP contribution is 2.27. The van der Waals surface area contributed by atoms with Crippen LogP contribution in [0.15, 0.2) is 72.8 Å². The van der Waals surface area contributed by atoms with E-state index >= 15 is 0 Å². The SMILES string of the molecule is N#Cc1cccc(C(=O)NCc2cccc(-c3cccc(CN4C[C@H]5C[C@@H]4CN5)c3)c2)c1.O=C(O)C(F)(F)F. The molecule has 2 atom stereocenters. The van der Waals surface area contributed by atoms with Gasteiger partial charge in [-0.15, -0.1) is 0 Å². The lowest BCUT2D eigenvalue weighted by Crippen LogP contribution is -2.42. The Morgan fingerprint density at radius 2 is 1.67 bits per heavy atom. The minimum Gasteiger partial charge on any atom is -0.475 e. The van der Waals surface area contributed by atoms with Crippen LogP contribution in [0.25, 0.3) is 11.1 Å². The van der Waals surface area contributed by atoms with E-state index in [-0.39, 0.29) is 5.91 Å². The summed E-state index contributed by atoms with van der Waals surface area (Å²) in [6.07, 6.45) is -3.81. The van der Waals surface area contributed by atoms with E-state index in [0.29, 0.717) is 29.8 Å². The number of nitrogens with one attached hydrogen (secondary N) is 2. The highest BCUT2D eigenvalue weighted by Gasteiger charge is 2.38. The Balaban J connectivity index is 0.000000448. The zero-order chi connectivity index (χ0) is 28.0. The third kappa shape index (κ3) is 7.44. The average Bonchev–Trinajstić information content (AvgIpc) is 3.55. The molecular weight excluding hydrogens is 509 g/mol. The van der Waals surface area contributed by atoms with Crippen LogP contribution >= 0.6 is 0 Å². The van der Waals surface area contributed by atoms with Gasteiger partial charge in [-0.05, 0) is 59.0 Å². The monoisotopic (exact) mass is 536 g/mol. The second-order valence-electron chi connectivity index (χ2n) is 9.50. The van der Waals surface area contributed by atoms with E-state index in [4.69, 9.17) is 15.2 Å². The van der Waals surface area contributed by atoms with Gasteiger partial charge in [-0.25, -0.2) is 4.79 Å². The second-order valence-corrected chi connectivity index (χ2v) is 9.50. The number of carboxylic acid groups (broad SMARTS) is 1. The third-order valence-corrected chi connectivity index (χ3v) is 6.69. The number of carbonyl (C=O) groups is 2. The van der Waals surface area contributed by atoms with Gasteiger partial charge < -0.3 is 15.7 Å². The number of hydrogen-bond acceptors (Lipinski definition) is 5. The van der Waals surface area contributed by atoms with Crippen LogP contribution in [0.1, 0.15) is 33.5 Å². The summed E-state index contributed by atoms with van der Waals surface area (Å²) >= 11 is 0. The van der Waals surface area contributed by atoms with Crippen LogP contribution in [0.2, 0.25) is 0 Å². The van der Waals surface area contributed by atoms with Gasteiger partial charge in [0.25, 0.3) is 5.91 Å². The van der Waals surface area contributed by atoms with Crippen molar-refractivity contribution >= 4 is 11.9 Å². The van der Waals surface area contributed by atoms with E-state index in [1.54, 1.807) is 24.3 Å². The maximum atomic E-state index is 12.5. The van der Waals surface area contributed by atoms with Crippen molar-refractivity contribution in [3.05, 3.63) is 95.1 Å². The molecule has 5 rings (SSSR count). The predicted molar refractivity (Wildman–Crippen MR) is 139 cm³/mol.